The number of phenolic OH excluding ortho intramolecular Hbond substituents is 1. The molecule has 0 saturated carbocycles. The third kappa shape index (κ3) is 18.2. The minimum Gasteiger partial charge on any atom is -0.508 e. The lowest BCUT2D eigenvalue weighted by atomic mass is 9.99. The molecule has 22 heteroatoms. The second-order valence-electron chi connectivity index (χ2n) is 22.0. The molecule has 1 aliphatic rings. The van der Waals surface area contributed by atoms with E-state index in [2.05, 4.69) is 42.2 Å². The number of hydrogen-bond donors (Lipinski definition) is 12. The van der Waals surface area contributed by atoms with Crippen molar-refractivity contribution in [3.05, 3.63) is 174 Å². The first-order chi connectivity index (χ1) is 41.9. The van der Waals surface area contributed by atoms with Crippen molar-refractivity contribution in [1.82, 2.24) is 42.2 Å². The van der Waals surface area contributed by atoms with Crippen molar-refractivity contribution in [2.24, 2.45) is 23.1 Å². The third-order valence-electron chi connectivity index (χ3n) is 15.2. The molecule has 87 heavy (non-hydrogen) atoms. The number of fused-ring (bicyclic) bond motifs is 2. The molecule has 8 amide bonds. The predicted octanol–water partition coefficient (Wildman–Crippen LogP) is 4.35. The van der Waals surface area contributed by atoms with Crippen molar-refractivity contribution in [2.45, 2.75) is 107 Å². The van der Waals surface area contributed by atoms with Crippen LogP contribution in [0.1, 0.15) is 55.4 Å². The number of nitrogens with two attached hydrogens (primary N) is 3. The van der Waals surface area contributed by atoms with Gasteiger partial charge in [0.25, 0.3) is 0 Å². The lowest BCUT2D eigenvalue weighted by Crippen LogP contribution is -2.61. The number of para-hydroxylation sites is 1. The summed E-state index contributed by atoms with van der Waals surface area (Å²) in [4.78, 5) is 119. The first-order valence-electron chi connectivity index (χ1n) is 29.0. The number of hydrogen-bond acceptors (Lipinski definition) is 13. The number of benzene rings is 6. The number of primary amides is 1. The Morgan fingerprint density at radius 1 is 0.621 bits per heavy atom. The van der Waals surface area contributed by atoms with Crippen LogP contribution in [0.2, 0.25) is 0 Å². The maximum absolute atomic E-state index is 15.0. The van der Waals surface area contributed by atoms with Crippen LogP contribution in [0.15, 0.2) is 152 Å². The van der Waals surface area contributed by atoms with Crippen LogP contribution in [0.5, 0.6) is 5.75 Å². The smallest absolute Gasteiger partial charge is 0.244 e. The minimum absolute atomic E-state index is 0.0163. The summed E-state index contributed by atoms with van der Waals surface area (Å²) in [5, 5.41) is 32.6. The summed E-state index contributed by atoms with van der Waals surface area (Å²) in [5.74, 6) is -7.11. The Balaban J connectivity index is 1.13. The molecule has 8 atom stereocenters. The second-order valence-corrected chi connectivity index (χ2v) is 24.6. The standard InChI is InChI=1S/C65H75N11O9S2/c1-38(2)57-65(85)75-56(63(83)71-52(58(68)78)33-41-21-26-43-14-6-7-15-45(43)30-41)37-87-86-36-55(74-59(79)49(67)31-39-19-24-44(25-20-39)42-12-4-3-5-13-42)64(84)72-53(32-40-22-27-47(77)28-23-40)61(81)73-54(34-46-35-69-50-17-9-8-16-48(46)50)62(82)70-51(60(80)76-57)18-10-11-29-66/h3-9,12-17,19-28,30,35,38,49,51-57,69,77H,10-11,18,29,31-34,36-37,66-67H2,1-2H3,(H2,68,78)(H,70,82)(H,71,83)(H,72,84)(H,73,81)(H,74,79)(H,75,85)(H,76,80)/t49-,51+,52+,53+,54-,55-,56+,57+/m1/s1. The number of carbonyl (C=O) groups excluding carboxylic acids is 8. The monoisotopic (exact) mass is 1220 g/mol. The highest BCUT2D eigenvalue weighted by Crippen LogP contribution is 2.26. The normalized spacial score (nSPS) is 20.0. The minimum atomic E-state index is -1.41. The van der Waals surface area contributed by atoms with Gasteiger partial charge in [-0.15, -0.1) is 0 Å². The fraction of sp³-hybridized carbons (Fsp3) is 0.323. The number of rotatable bonds is 19. The topological polar surface area (TPSA) is 335 Å². The van der Waals surface area contributed by atoms with Gasteiger partial charge in [-0.05, 0) is 100 Å². The molecule has 8 rings (SSSR count). The largest absolute Gasteiger partial charge is 0.508 e. The Morgan fingerprint density at radius 2 is 1.23 bits per heavy atom. The lowest BCUT2D eigenvalue weighted by molar-refractivity contribution is -0.136. The van der Waals surface area contributed by atoms with Gasteiger partial charge in [0.2, 0.25) is 47.3 Å². The first-order valence-corrected chi connectivity index (χ1v) is 31.5. The number of carbonyl (C=O) groups is 8. The van der Waals surface area contributed by atoms with Gasteiger partial charge in [-0.3, -0.25) is 38.4 Å². The van der Waals surface area contributed by atoms with E-state index >= 15 is 4.79 Å². The highest BCUT2D eigenvalue weighted by molar-refractivity contribution is 8.76. The van der Waals surface area contributed by atoms with Gasteiger partial charge in [-0.25, -0.2) is 0 Å². The zero-order chi connectivity index (χ0) is 62.0. The summed E-state index contributed by atoms with van der Waals surface area (Å²) in [6.45, 7) is 3.68. The summed E-state index contributed by atoms with van der Waals surface area (Å²) >= 11 is 0. The Bertz CT molecular complexity index is 3530. The molecule has 2 heterocycles. The molecule has 7 aromatic rings. The molecular weight excluding hydrogens is 1140 g/mol. The van der Waals surface area contributed by atoms with Crippen molar-refractivity contribution in [3.63, 3.8) is 0 Å². The van der Waals surface area contributed by atoms with E-state index in [0.717, 1.165) is 60.0 Å². The van der Waals surface area contributed by atoms with Crippen LogP contribution >= 0.6 is 21.6 Å². The van der Waals surface area contributed by atoms with Crippen LogP contribution in [0, 0.1) is 5.92 Å². The number of aromatic hydroxyl groups is 1. The van der Waals surface area contributed by atoms with Crippen LogP contribution < -0.4 is 54.4 Å². The van der Waals surface area contributed by atoms with Crippen LogP contribution in [0.3, 0.4) is 0 Å². The van der Waals surface area contributed by atoms with E-state index in [1.54, 1.807) is 32.2 Å². The van der Waals surface area contributed by atoms with Crippen molar-refractivity contribution < 1.29 is 43.5 Å². The molecule has 20 nitrogen and oxygen atoms in total. The molecule has 0 aliphatic carbocycles. The Hall–Kier alpha value is -8.70. The SMILES string of the molecule is CC(C)[C@@H]1NC(=O)[C@H](CCCCN)NC(=O)[C@@H](Cc2c[nH]c3ccccc23)NC(=O)[C@H](Cc2ccc(O)cc2)NC(=O)[C@H](NC(=O)[C@H](N)Cc2ccc(-c3ccccc3)cc2)CSSC[C@@H](C(=O)N[C@@H](Cc2ccc3ccccc3c2)C(N)=O)NC1=O. The number of H-pyrrole nitrogens is 1. The summed E-state index contributed by atoms with van der Waals surface area (Å²) in [6.07, 6.45) is 2.54. The van der Waals surface area contributed by atoms with E-state index in [4.69, 9.17) is 17.2 Å². The van der Waals surface area contributed by atoms with Gasteiger partial charge in [0.05, 0.1) is 6.04 Å². The molecule has 15 N–H and O–H groups in total. The first kappa shape index (κ1) is 64.3. The highest BCUT2D eigenvalue weighted by atomic mass is 33.1. The van der Waals surface area contributed by atoms with Gasteiger partial charge in [0.15, 0.2) is 0 Å². The molecular formula is C65H75N11O9S2. The molecule has 0 radical (unpaired) electrons. The fourth-order valence-corrected chi connectivity index (χ4v) is 12.5. The van der Waals surface area contributed by atoms with Crippen LogP contribution in [-0.2, 0) is 64.0 Å². The number of aromatic amines is 1. The zero-order valence-electron chi connectivity index (χ0n) is 48.5. The number of nitrogens with one attached hydrogen (secondary N) is 8. The molecule has 0 unspecified atom stereocenters. The van der Waals surface area contributed by atoms with Gasteiger partial charge < -0.3 is 64.5 Å². The number of unbranched alkanes of at least 4 members (excludes halogenated alkanes) is 1. The zero-order valence-corrected chi connectivity index (χ0v) is 50.1. The molecule has 1 aromatic heterocycles. The van der Waals surface area contributed by atoms with Gasteiger partial charge in [-0.1, -0.05) is 163 Å². The summed E-state index contributed by atoms with van der Waals surface area (Å²) in [7, 11) is 2.13. The quantitative estimate of drug-likeness (QED) is 0.0396. The van der Waals surface area contributed by atoms with Crippen molar-refractivity contribution in [3.8, 4) is 16.9 Å². The van der Waals surface area contributed by atoms with E-state index in [1.165, 1.54) is 12.1 Å². The maximum Gasteiger partial charge on any atom is 0.244 e. The van der Waals surface area contributed by atoms with Crippen molar-refractivity contribution >= 4 is 90.5 Å². The Labute approximate surface area is 512 Å². The van der Waals surface area contributed by atoms with Gasteiger partial charge in [0, 0.05) is 47.9 Å². The van der Waals surface area contributed by atoms with Gasteiger partial charge >= 0.3 is 0 Å². The molecule has 1 saturated heterocycles. The summed E-state index contributed by atoms with van der Waals surface area (Å²) < 4.78 is 0. The molecule has 1 fully saturated rings. The number of aromatic nitrogens is 1. The van der Waals surface area contributed by atoms with Gasteiger partial charge in [0.1, 0.15) is 48.0 Å². The fourth-order valence-electron chi connectivity index (χ4n) is 10.2. The summed E-state index contributed by atoms with van der Waals surface area (Å²) in [6, 6.07) is 33.5. The lowest BCUT2D eigenvalue weighted by Gasteiger charge is -2.29. The van der Waals surface area contributed by atoms with Crippen molar-refractivity contribution in [2.75, 3.05) is 18.1 Å². The molecule has 0 spiro atoms. The average Bonchev–Trinajstić information content (AvgIpc) is 4.22. The maximum atomic E-state index is 15.0. The van der Waals surface area contributed by atoms with E-state index < -0.39 is 102 Å². The highest BCUT2D eigenvalue weighted by Gasteiger charge is 2.36. The molecule has 0 bridgehead atoms. The molecule has 6 aromatic carbocycles. The van der Waals surface area contributed by atoms with Crippen LogP contribution in [-0.4, -0.2) is 124 Å². The molecule has 1 aliphatic heterocycles. The predicted molar refractivity (Wildman–Crippen MR) is 340 cm³/mol. The molecule has 456 valence electrons. The van der Waals surface area contributed by atoms with E-state index in [0.29, 0.717) is 29.5 Å². The summed E-state index contributed by atoms with van der Waals surface area (Å²) in [5.41, 5.74) is 23.8. The third-order valence-corrected chi connectivity index (χ3v) is 17.6. The van der Waals surface area contributed by atoms with Crippen LogP contribution in [0.4, 0.5) is 0 Å². The van der Waals surface area contributed by atoms with Crippen LogP contribution in [0.25, 0.3) is 32.8 Å². The van der Waals surface area contributed by atoms with E-state index in [-0.39, 0.29) is 55.9 Å². The average molecular weight is 1220 g/mol. The van der Waals surface area contributed by atoms with E-state index in [9.17, 15) is 38.7 Å². The van der Waals surface area contributed by atoms with Gasteiger partial charge in [-0.2, -0.15) is 0 Å². The Kier molecular flexibility index (Phi) is 23.0. The number of phenols is 1. The van der Waals surface area contributed by atoms with Crippen molar-refractivity contribution in [1.29, 1.82) is 0 Å². The van der Waals surface area contributed by atoms with E-state index in [1.807, 2.05) is 121 Å². The second kappa shape index (κ2) is 31.1. The number of amides is 8. The Morgan fingerprint density at radius 3 is 1.94 bits per heavy atom.